The monoisotopic (exact) mass is 661 g/mol. The quantitative estimate of drug-likeness (QED) is 0.162. The van der Waals surface area contributed by atoms with E-state index in [0.717, 1.165) is 23.5 Å². The van der Waals surface area contributed by atoms with Gasteiger partial charge in [-0.3, -0.25) is 32.0 Å². The molecule has 24 heteroatoms. The lowest BCUT2D eigenvalue weighted by Gasteiger charge is -2.25. The molecule has 2 bridgehead atoms. The number of rotatable bonds is 2. The Hall–Kier alpha value is -3.27. The first-order chi connectivity index (χ1) is 20.9. The molecule has 236 valence electrons. The number of nitrogens with zero attached hydrogens (tertiary/aromatic N) is 7. The Kier molecular flexibility index (Phi) is 7.14. The summed E-state index contributed by atoms with van der Waals surface area (Å²) < 4.78 is 76.3. The number of hydrogen-bond donors (Lipinski definition) is 5. The Morgan fingerprint density at radius 1 is 0.886 bits per heavy atom. The molecule has 0 aliphatic carbocycles. The van der Waals surface area contributed by atoms with Gasteiger partial charge in [0.05, 0.1) is 32.2 Å². The van der Waals surface area contributed by atoms with Crippen molar-refractivity contribution in [2.75, 3.05) is 18.9 Å². The van der Waals surface area contributed by atoms with E-state index in [1.165, 1.54) is 10.9 Å². The topological polar surface area (TPSA) is 283 Å². The van der Waals surface area contributed by atoms with Crippen LogP contribution in [0.1, 0.15) is 12.5 Å². The van der Waals surface area contributed by atoms with Crippen LogP contribution in [-0.2, 0) is 36.7 Å². The third-order valence-corrected chi connectivity index (χ3v) is 9.16. The van der Waals surface area contributed by atoms with Crippen LogP contribution in [0.2, 0.25) is 0 Å². The molecule has 21 nitrogen and oxygen atoms in total. The van der Waals surface area contributed by atoms with E-state index < -0.39 is 83.6 Å². The predicted molar refractivity (Wildman–Crippen MR) is 138 cm³/mol. The van der Waals surface area contributed by atoms with E-state index in [-0.39, 0.29) is 28.1 Å². The molecule has 7 unspecified atom stereocenters. The van der Waals surface area contributed by atoms with Crippen LogP contribution < -0.4 is 11.3 Å². The van der Waals surface area contributed by atoms with Crippen molar-refractivity contribution in [3.8, 4) is 0 Å². The summed E-state index contributed by atoms with van der Waals surface area (Å²) in [5.74, 6) is 0.0168. The molecule has 3 saturated heterocycles. The highest BCUT2D eigenvalue weighted by molar-refractivity contribution is 7.47. The molecule has 7 heterocycles. The molecule has 3 aliphatic heterocycles. The summed E-state index contributed by atoms with van der Waals surface area (Å²) in [4.78, 5) is 55.4. The number of ether oxygens (including phenoxy) is 2. The minimum absolute atomic E-state index is 0.0168. The second-order valence-electron chi connectivity index (χ2n) is 9.87. The summed E-state index contributed by atoms with van der Waals surface area (Å²) in [6.07, 6.45) is -9.15. The number of alkyl halides is 1. The number of phosphoric ester groups is 2. The maximum absolute atomic E-state index is 15.8. The zero-order valence-electron chi connectivity index (χ0n) is 21.8. The summed E-state index contributed by atoms with van der Waals surface area (Å²) in [5.41, 5.74) is 5.26. The van der Waals surface area contributed by atoms with Crippen molar-refractivity contribution in [1.29, 1.82) is 0 Å². The van der Waals surface area contributed by atoms with Gasteiger partial charge in [-0.2, -0.15) is 0 Å². The van der Waals surface area contributed by atoms with Crippen molar-refractivity contribution >= 4 is 43.8 Å². The highest BCUT2D eigenvalue weighted by Gasteiger charge is 2.54. The zero-order valence-corrected chi connectivity index (χ0v) is 23.6. The summed E-state index contributed by atoms with van der Waals surface area (Å²) in [5, 5.41) is 11.0. The zero-order chi connectivity index (χ0) is 31.0. The largest absolute Gasteiger partial charge is 0.472 e. The molecule has 4 aromatic rings. The number of nitrogens with two attached hydrogens (primary N) is 1. The highest BCUT2D eigenvalue weighted by atomic mass is 31.2. The number of nitrogens with one attached hydrogen (secondary N) is 1. The van der Waals surface area contributed by atoms with Crippen LogP contribution in [0.5, 0.6) is 0 Å². The number of halogens is 1. The van der Waals surface area contributed by atoms with E-state index in [1.54, 1.807) is 0 Å². The second-order valence-corrected chi connectivity index (χ2v) is 12.7. The van der Waals surface area contributed by atoms with Crippen LogP contribution in [-0.4, -0.2) is 104 Å². The van der Waals surface area contributed by atoms with Crippen molar-refractivity contribution in [2.45, 2.75) is 49.1 Å². The summed E-state index contributed by atoms with van der Waals surface area (Å²) >= 11 is 0. The fourth-order valence-corrected chi connectivity index (χ4v) is 7.07. The molecule has 0 radical (unpaired) electrons. The summed E-state index contributed by atoms with van der Waals surface area (Å²) in [7, 11) is -10.2. The molecule has 7 rings (SSSR count). The average Bonchev–Trinajstić information content (AvgIpc) is 3.73. The maximum Gasteiger partial charge on any atom is 0.472 e. The first-order valence-electron chi connectivity index (χ1n) is 12.7. The fraction of sp³-hybridized carbons (Fsp3) is 0.500. The van der Waals surface area contributed by atoms with Crippen molar-refractivity contribution in [1.82, 2.24) is 39.0 Å². The van der Waals surface area contributed by atoms with Crippen molar-refractivity contribution < 1.29 is 56.0 Å². The Labute approximate surface area is 242 Å². The number of hydrogen-bond acceptors (Lipinski definition) is 16. The first-order valence-corrected chi connectivity index (χ1v) is 15.7. The second kappa shape index (κ2) is 10.7. The Bertz CT molecular complexity index is 1890. The standard InChI is InChI=1S/C20H22FN9O12P2/c21-9-13-8(40-19(9)29-6-28-11-17(29)25-4-26-18(11)32)2-38-44(35,36)42-14-12(31)7(1-37-43(33,34)41-13)39-20(14)30-5-27-10-15(22)23-3-24-16(10)30/h3-9,12-14,19-20,31H,1-2H2,(H,33,34)(H,35,36)(H2,22,23,24)(H,25,26,32)/t7?,8?,9-,12-,13-,14?,19?,20?/m1/s1. The number of aromatic nitrogens is 8. The number of aliphatic hydroxyl groups is 1. The highest BCUT2D eigenvalue weighted by Crippen LogP contribution is 2.54. The van der Waals surface area contributed by atoms with Crippen LogP contribution in [0.25, 0.3) is 22.3 Å². The average molecular weight is 661 g/mol. The van der Waals surface area contributed by atoms with Gasteiger partial charge in [0.1, 0.15) is 42.4 Å². The summed E-state index contributed by atoms with van der Waals surface area (Å²) in [6, 6.07) is 0. The van der Waals surface area contributed by atoms with E-state index >= 15 is 4.39 Å². The number of phosphoric acid groups is 2. The van der Waals surface area contributed by atoms with E-state index in [9.17, 15) is 28.8 Å². The van der Waals surface area contributed by atoms with Crippen molar-refractivity contribution in [3.63, 3.8) is 0 Å². The third kappa shape index (κ3) is 5.03. The molecule has 0 spiro atoms. The lowest BCUT2D eigenvalue weighted by molar-refractivity contribution is -0.0671. The number of H-pyrrole nitrogens is 1. The van der Waals surface area contributed by atoms with Crippen LogP contribution in [0, 0.1) is 0 Å². The van der Waals surface area contributed by atoms with E-state index in [2.05, 4.69) is 29.9 Å². The smallest absolute Gasteiger partial charge is 0.387 e. The van der Waals surface area contributed by atoms with Crippen LogP contribution in [0.15, 0.2) is 30.1 Å². The fourth-order valence-electron chi connectivity index (χ4n) is 5.18. The lowest BCUT2D eigenvalue weighted by Crippen LogP contribution is -2.35. The number of nitrogen functional groups attached to an aromatic ring is 1. The molecule has 3 fully saturated rings. The predicted octanol–water partition coefficient (Wildman–Crippen LogP) is -0.947. The third-order valence-electron chi connectivity index (χ3n) is 7.19. The number of aromatic amines is 1. The number of fused-ring (bicyclic) bond motifs is 5. The van der Waals surface area contributed by atoms with Gasteiger partial charge in [0, 0.05) is 0 Å². The van der Waals surface area contributed by atoms with Gasteiger partial charge < -0.3 is 35.1 Å². The molecular formula is C20H22FN9O12P2. The van der Waals surface area contributed by atoms with E-state index in [4.69, 9.17) is 33.3 Å². The van der Waals surface area contributed by atoms with E-state index in [0.29, 0.717) is 0 Å². The molecule has 44 heavy (non-hydrogen) atoms. The minimum Gasteiger partial charge on any atom is -0.387 e. The van der Waals surface area contributed by atoms with Gasteiger partial charge in [0.15, 0.2) is 41.3 Å². The van der Waals surface area contributed by atoms with Crippen LogP contribution in [0.3, 0.4) is 0 Å². The molecule has 4 aromatic heterocycles. The summed E-state index contributed by atoms with van der Waals surface area (Å²) in [6.45, 7) is -1.73. The molecular weight excluding hydrogens is 639 g/mol. The molecule has 6 N–H and O–H groups in total. The molecule has 0 amide bonds. The van der Waals surface area contributed by atoms with Crippen LogP contribution >= 0.6 is 15.6 Å². The number of aliphatic hydroxyl groups excluding tert-OH is 1. The molecule has 0 aromatic carbocycles. The Morgan fingerprint density at radius 3 is 2.25 bits per heavy atom. The Morgan fingerprint density at radius 2 is 1.50 bits per heavy atom. The SMILES string of the molecule is Nc1ncnc2c1ncn2C1OC2COP(=O)(O)O[C@@H]3C(COP(=O)(O)OC1[C@@H]2O)OC(n1cnc2c(=O)[nH]cnc21)[C@@H]3F. The molecule has 3 aliphatic rings. The van der Waals surface area contributed by atoms with Gasteiger partial charge in [0.25, 0.3) is 5.56 Å². The molecule has 0 saturated carbocycles. The lowest BCUT2D eigenvalue weighted by atomic mass is 10.1. The van der Waals surface area contributed by atoms with Crippen molar-refractivity contribution in [3.05, 3.63) is 35.7 Å². The van der Waals surface area contributed by atoms with Gasteiger partial charge >= 0.3 is 15.6 Å². The van der Waals surface area contributed by atoms with Crippen molar-refractivity contribution in [2.24, 2.45) is 0 Å². The van der Waals surface area contributed by atoms with E-state index in [1.807, 2.05) is 0 Å². The minimum atomic E-state index is -5.13. The molecule has 10 atom stereocenters. The van der Waals surface area contributed by atoms with Gasteiger partial charge in [-0.05, 0) is 0 Å². The Balaban J connectivity index is 1.20. The maximum atomic E-state index is 15.8. The first kappa shape index (κ1) is 29.4. The van der Waals surface area contributed by atoms with Gasteiger partial charge in [-0.15, -0.1) is 0 Å². The number of anilines is 1. The van der Waals surface area contributed by atoms with Gasteiger partial charge in [-0.25, -0.2) is 38.4 Å². The van der Waals surface area contributed by atoms with Crippen LogP contribution in [0.4, 0.5) is 10.2 Å². The normalized spacial score (nSPS) is 38.3. The number of imidazole rings is 2. The van der Waals surface area contributed by atoms with Gasteiger partial charge in [0.2, 0.25) is 0 Å². The van der Waals surface area contributed by atoms with Gasteiger partial charge in [-0.1, -0.05) is 0 Å².